The van der Waals surface area contributed by atoms with Gasteiger partial charge in [-0.1, -0.05) is 6.07 Å². The van der Waals surface area contributed by atoms with Crippen molar-refractivity contribution in [1.82, 2.24) is 9.55 Å². The zero-order valence-electron chi connectivity index (χ0n) is 16.5. The van der Waals surface area contributed by atoms with Gasteiger partial charge in [0.1, 0.15) is 11.5 Å². The topological polar surface area (TPSA) is 90.7 Å². The number of rotatable bonds is 5. The van der Waals surface area contributed by atoms with E-state index in [1.807, 2.05) is 29.9 Å². The molecule has 1 aliphatic rings. The largest absolute Gasteiger partial charge is 0.508 e. The summed E-state index contributed by atoms with van der Waals surface area (Å²) in [6.07, 6.45) is 6.72. The third-order valence-corrected chi connectivity index (χ3v) is 5.15. The van der Waals surface area contributed by atoms with Crippen LogP contribution in [-0.2, 0) is 16.6 Å². The second-order valence-electron chi connectivity index (χ2n) is 6.98. The first-order valence-corrected chi connectivity index (χ1v) is 9.37. The van der Waals surface area contributed by atoms with Gasteiger partial charge in [-0.05, 0) is 35.9 Å². The van der Waals surface area contributed by atoms with Gasteiger partial charge >= 0.3 is 5.97 Å². The van der Waals surface area contributed by atoms with Crippen molar-refractivity contribution in [3.63, 3.8) is 0 Å². The highest BCUT2D eigenvalue weighted by Gasteiger charge is 2.35. The summed E-state index contributed by atoms with van der Waals surface area (Å²) in [6.45, 7) is 0. The van der Waals surface area contributed by atoms with Gasteiger partial charge < -0.3 is 19.1 Å². The molecular weight excluding hydrogens is 384 g/mol. The number of hydrogen-bond acceptors (Lipinski definition) is 6. The second-order valence-corrected chi connectivity index (χ2v) is 6.98. The number of methoxy groups -OCH3 is 1. The number of carbonyl (C=O) groups excluding carboxylic acids is 2. The van der Waals surface area contributed by atoms with Gasteiger partial charge in [-0.2, -0.15) is 0 Å². The van der Waals surface area contributed by atoms with E-state index in [0.29, 0.717) is 16.7 Å². The molecule has 1 aliphatic heterocycles. The number of hydrogen-bond donors (Lipinski definition) is 1. The third kappa shape index (κ3) is 3.45. The number of carbonyl (C=O) groups is 2. The number of fused-ring (bicyclic) bond motifs is 1. The zero-order valence-corrected chi connectivity index (χ0v) is 16.5. The molecule has 1 aromatic carbocycles. The van der Waals surface area contributed by atoms with E-state index in [1.165, 1.54) is 19.2 Å². The Morgan fingerprint density at radius 3 is 2.80 bits per heavy atom. The van der Waals surface area contributed by atoms with Crippen molar-refractivity contribution in [3.05, 3.63) is 83.1 Å². The molecule has 30 heavy (non-hydrogen) atoms. The molecule has 1 N–H and O–H groups in total. The minimum absolute atomic E-state index is 0.0411. The summed E-state index contributed by atoms with van der Waals surface area (Å²) in [5, 5.41) is 10.7. The van der Waals surface area contributed by atoms with Crippen LogP contribution in [0.15, 0.2) is 60.7 Å². The monoisotopic (exact) mass is 404 g/mol. The lowest BCUT2D eigenvalue weighted by atomic mass is 9.87. The molecular formula is C23H20N2O5. The SMILES string of the molecule is COC(=O)CC(c1cccnc1)c1c(O)ccc2c1O/C(=C\c1cccn1C)C2=O. The summed E-state index contributed by atoms with van der Waals surface area (Å²) < 4.78 is 12.7. The van der Waals surface area contributed by atoms with Crippen LogP contribution in [0.25, 0.3) is 6.08 Å². The Morgan fingerprint density at radius 1 is 1.30 bits per heavy atom. The molecule has 7 heteroatoms. The minimum atomic E-state index is -0.594. The fourth-order valence-corrected chi connectivity index (χ4v) is 3.58. The van der Waals surface area contributed by atoms with Crippen molar-refractivity contribution in [2.75, 3.05) is 7.11 Å². The summed E-state index contributed by atoms with van der Waals surface area (Å²) >= 11 is 0. The maximum Gasteiger partial charge on any atom is 0.306 e. The number of nitrogens with zero attached hydrogens (tertiary/aromatic N) is 2. The molecule has 0 spiro atoms. The summed E-state index contributed by atoms with van der Waals surface area (Å²) in [6, 6.07) is 10.2. The average Bonchev–Trinajstić information content (AvgIpc) is 3.30. The van der Waals surface area contributed by atoms with E-state index in [9.17, 15) is 14.7 Å². The van der Waals surface area contributed by atoms with Crippen LogP contribution in [0.4, 0.5) is 0 Å². The highest BCUT2D eigenvalue weighted by molar-refractivity contribution is 6.15. The number of phenols is 1. The fourth-order valence-electron chi connectivity index (χ4n) is 3.58. The standard InChI is InChI=1S/C23H20N2O5/c1-25-10-4-6-15(25)11-19-22(28)16-7-8-18(26)21(23(16)30-19)17(12-20(27)29-2)14-5-3-9-24-13-14/h3-11,13,17,26H,12H2,1-2H3/b19-11-. The van der Waals surface area contributed by atoms with E-state index in [-0.39, 0.29) is 29.5 Å². The molecule has 152 valence electrons. The van der Waals surface area contributed by atoms with Gasteiger partial charge in [0.05, 0.1) is 19.1 Å². The number of ketones is 1. The molecule has 1 unspecified atom stereocenters. The van der Waals surface area contributed by atoms with Gasteiger partial charge in [-0.25, -0.2) is 0 Å². The number of aryl methyl sites for hydroxylation is 1. The predicted octanol–water partition coefficient (Wildman–Crippen LogP) is 3.44. The maximum absolute atomic E-state index is 12.9. The number of aromatic nitrogens is 2. The van der Waals surface area contributed by atoms with Crippen molar-refractivity contribution in [2.45, 2.75) is 12.3 Å². The lowest BCUT2D eigenvalue weighted by Gasteiger charge is -2.20. The van der Waals surface area contributed by atoms with Crippen LogP contribution in [0.3, 0.4) is 0 Å². The summed E-state index contributed by atoms with van der Waals surface area (Å²) in [4.78, 5) is 29.2. The normalized spacial score (nSPS) is 15.0. The molecule has 4 rings (SSSR count). The first-order chi connectivity index (χ1) is 14.5. The first-order valence-electron chi connectivity index (χ1n) is 9.37. The van der Waals surface area contributed by atoms with Crippen LogP contribution in [-0.4, -0.2) is 33.5 Å². The number of pyridine rings is 1. The highest BCUT2D eigenvalue weighted by Crippen LogP contribution is 2.46. The smallest absolute Gasteiger partial charge is 0.306 e. The second kappa shape index (κ2) is 7.87. The van der Waals surface area contributed by atoms with Crippen molar-refractivity contribution in [2.24, 2.45) is 7.05 Å². The molecule has 1 atom stereocenters. The minimum Gasteiger partial charge on any atom is -0.508 e. The summed E-state index contributed by atoms with van der Waals surface area (Å²) in [7, 11) is 3.17. The maximum atomic E-state index is 12.9. The van der Waals surface area contributed by atoms with E-state index in [1.54, 1.807) is 30.6 Å². The van der Waals surface area contributed by atoms with E-state index in [0.717, 1.165) is 5.69 Å². The van der Waals surface area contributed by atoms with Crippen molar-refractivity contribution < 1.29 is 24.2 Å². The van der Waals surface area contributed by atoms with Crippen LogP contribution >= 0.6 is 0 Å². The molecule has 0 fully saturated rings. The Balaban J connectivity index is 1.83. The van der Waals surface area contributed by atoms with Crippen LogP contribution < -0.4 is 4.74 Å². The van der Waals surface area contributed by atoms with E-state index < -0.39 is 11.9 Å². The zero-order chi connectivity index (χ0) is 21.3. The number of benzene rings is 1. The summed E-state index contributed by atoms with van der Waals surface area (Å²) in [5.74, 6) is -0.997. The van der Waals surface area contributed by atoms with Gasteiger partial charge in [-0.15, -0.1) is 0 Å². The molecule has 2 aromatic heterocycles. The van der Waals surface area contributed by atoms with E-state index in [2.05, 4.69) is 4.98 Å². The number of aromatic hydroxyl groups is 1. The van der Waals surface area contributed by atoms with Crippen LogP contribution in [0.2, 0.25) is 0 Å². The number of phenolic OH excluding ortho intramolecular Hbond substituents is 1. The number of ether oxygens (including phenoxy) is 2. The first kappa shape index (κ1) is 19.4. The van der Waals surface area contributed by atoms with E-state index in [4.69, 9.17) is 9.47 Å². The fraction of sp³-hybridized carbons (Fsp3) is 0.174. The lowest BCUT2D eigenvalue weighted by molar-refractivity contribution is -0.140. The third-order valence-electron chi connectivity index (χ3n) is 5.15. The Kier molecular flexibility index (Phi) is 5.10. The molecule has 0 saturated heterocycles. The molecule has 0 saturated carbocycles. The van der Waals surface area contributed by atoms with Crippen LogP contribution in [0, 0.1) is 0 Å². The lowest BCUT2D eigenvalue weighted by Crippen LogP contribution is -2.11. The van der Waals surface area contributed by atoms with Crippen molar-refractivity contribution in [1.29, 1.82) is 0 Å². The quantitative estimate of drug-likeness (QED) is 0.518. The van der Waals surface area contributed by atoms with Crippen LogP contribution in [0.1, 0.15) is 39.5 Å². The summed E-state index contributed by atoms with van der Waals surface area (Å²) in [5.41, 5.74) is 2.19. The number of allylic oxidation sites excluding steroid dienone is 1. The van der Waals surface area contributed by atoms with E-state index >= 15 is 0 Å². The Hall–Kier alpha value is -3.87. The molecule has 0 aliphatic carbocycles. The van der Waals surface area contributed by atoms with Gasteiger partial charge in [0, 0.05) is 48.9 Å². The number of Topliss-reactive ketones (excluding diaryl/α,β-unsaturated/α-hetero) is 1. The Bertz CT molecular complexity index is 1150. The number of esters is 1. The Labute approximate surface area is 173 Å². The van der Waals surface area contributed by atoms with Crippen LogP contribution in [0.5, 0.6) is 11.5 Å². The molecule has 0 radical (unpaired) electrons. The molecule has 0 bridgehead atoms. The molecule has 3 heterocycles. The molecule has 0 amide bonds. The van der Waals surface area contributed by atoms with Crippen molar-refractivity contribution in [3.8, 4) is 11.5 Å². The van der Waals surface area contributed by atoms with Gasteiger partial charge in [-0.3, -0.25) is 14.6 Å². The Morgan fingerprint density at radius 2 is 2.13 bits per heavy atom. The average molecular weight is 404 g/mol. The van der Waals surface area contributed by atoms with Gasteiger partial charge in [0.2, 0.25) is 5.78 Å². The predicted molar refractivity (Wildman–Crippen MR) is 109 cm³/mol. The molecule has 7 nitrogen and oxygen atoms in total. The molecule has 3 aromatic rings. The van der Waals surface area contributed by atoms with Crippen molar-refractivity contribution >= 4 is 17.8 Å². The van der Waals surface area contributed by atoms with Gasteiger partial charge in [0.15, 0.2) is 5.76 Å². The highest BCUT2D eigenvalue weighted by atomic mass is 16.5. The van der Waals surface area contributed by atoms with Gasteiger partial charge in [0.25, 0.3) is 0 Å².